The summed E-state index contributed by atoms with van der Waals surface area (Å²) in [5.41, 5.74) is 2.01. The molecule has 1 aromatic heterocycles. The van der Waals surface area contributed by atoms with Crippen LogP contribution < -0.4 is 0 Å². The fourth-order valence-corrected chi connectivity index (χ4v) is 3.40. The molecule has 2 heterocycles. The molecule has 0 bridgehead atoms. The molecule has 112 valence electrons. The summed E-state index contributed by atoms with van der Waals surface area (Å²) in [6.07, 6.45) is -0.427. The number of rotatable bonds is 4. The van der Waals surface area contributed by atoms with Gasteiger partial charge in [-0.2, -0.15) is 0 Å². The molecule has 1 N–H and O–H groups in total. The van der Waals surface area contributed by atoms with E-state index >= 15 is 0 Å². The molecule has 1 fully saturated rings. The Bertz CT molecular complexity index is 573. The second-order valence-corrected chi connectivity index (χ2v) is 6.26. The van der Waals surface area contributed by atoms with Gasteiger partial charge < -0.3 is 9.84 Å². The Labute approximate surface area is 129 Å². The normalized spacial score (nSPS) is 21.3. The van der Waals surface area contributed by atoms with Crippen molar-refractivity contribution in [2.24, 2.45) is 0 Å². The molecule has 0 amide bonds. The number of ether oxygens (including phenoxy) is 1. The number of morpholine rings is 1. The van der Waals surface area contributed by atoms with Crippen molar-refractivity contribution < 1.29 is 9.84 Å². The minimum Gasteiger partial charge on any atom is -0.387 e. The van der Waals surface area contributed by atoms with Gasteiger partial charge in [-0.15, -0.1) is 11.3 Å². The first-order valence-electron chi connectivity index (χ1n) is 7.21. The molecule has 5 heteroatoms. The fraction of sp³-hybridized carbons (Fsp3) is 0.438. The Hall–Kier alpha value is -1.27. The lowest BCUT2D eigenvalue weighted by molar-refractivity contribution is -0.0425. The maximum absolute atomic E-state index is 10.3. The van der Waals surface area contributed by atoms with Crippen molar-refractivity contribution in [3.05, 3.63) is 52.0 Å². The zero-order chi connectivity index (χ0) is 14.7. The third kappa shape index (κ3) is 3.68. The predicted octanol–water partition coefficient (Wildman–Crippen LogP) is 2.56. The maximum atomic E-state index is 10.3. The summed E-state index contributed by atoms with van der Waals surface area (Å²) < 4.78 is 5.82. The lowest BCUT2D eigenvalue weighted by Crippen LogP contribution is -2.40. The second kappa shape index (κ2) is 6.66. The highest BCUT2D eigenvalue weighted by Gasteiger charge is 2.25. The number of aliphatic hydroxyl groups excluding tert-OH is 1. The van der Waals surface area contributed by atoms with E-state index in [0.717, 1.165) is 29.4 Å². The van der Waals surface area contributed by atoms with Crippen LogP contribution in [0.5, 0.6) is 0 Å². The van der Waals surface area contributed by atoms with Crippen LogP contribution in [0.2, 0.25) is 0 Å². The highest BCUT2D eigenvalue weighted by Crippen LogP contribution is 2.26. The topological polar surface area (TPSA) is 45.6 Å². The van der Waals surface area contributed by atoms with Gasteiger partial charge in [-0.1, -0.05) is 30.3 Å². The zero-order valence-corrected chi connectivity index (χ0v) is 12.9. The van der Waals surface area contributed by atoms with E-state index in [4.69, 9.17) is 4.74 Å². The van der Waals surface area contributed by atoms with Crippen LogP contribution in [0.1, 0.15) is 28.5 Å². The average molecular weight is 304 g/mol. The predicted molar refractivity (Wildman–Crippen MR) is 83.4 cm³/mol. The van der Waals surface area contributed by atoms with Crippen molar-refractivity contribution in [2.45, 2.75) is 19.1 Å². The van der Waals surface area contributed by atoms with Gasteiger partial charge in [0, 0.05) is 30.7 Å². The van der Waals surface area contributed by atoms with Crippen molar-refractivity contribution in [3.8, 4) is 0 Å². The molecule has 1 saturated heterocycles. The van der Waals surface area contributed by atoms with Gasteiger partial charge in [0.15, 0.2) is 0 Å². The SMILES string of the molecule is Cc1csc([C@H]2CN(C[C@H](O)c3ccccc3)CCO2)n1. The Morgan fingerprint density at radius 3 is 2.95 bits per heavy atom. The summed E-state index contributed by atoms with van der Waals surface area (Å²) in [6.45, 7) is 4.96. The summed E-state index contributed by atoms with van der Waals surface area (Å²) in [5.74, 6) is 0. The number of benzene rings is 1. The number of thiazole rings is 1. The monoisotopic (exact) mass is 304 g/mol. The molecule has 1 aliphatic rings. The van der Waals surface area contributed by atoms with E-state index in [1.165, 1.54) is 0 Å². The van der Waals surface area contributed by atoms with Gasteiger partial charge in [0.05, 0.1) is 12.7 Å². The van der Waals surface area contributed by atoms with E-state index in [0.29, 0.717) is 13.2 Å². The molecule has 2 aromatic rings. The number of aryl methyl sites for hydroxylation is 1. The first kappa shape index (κ1) is 14.7. The van der Waals surface area contributed by atoms with Crippen LogP contribution in [0.4, 0.5) is 0 Å². The Morgan fingerprint density at radius 1 is 1.43 bits per heavy atom. The summed E-state index contributed by atoms with van der Waals surface area (Å²) in [6, 6.07) is 9.81. The Morgan fingerprint density at radius 2 is 2.24 bits per heavy atom. The van der Waals surface area contributed by atoms with E-state index in [9.17, 15) is 5.11 Å². The van der Waals surface area contributed by atoms with Gasteiger partial charge in [-0.3, -0.25) is 4.90 Å². The number of hydrogen-bond donors (Lipinski definition) is 1. The summed E-state index contributed by atoms with van der Waals surface area (Å²) in [7, 11) is 0. The van der Waals surface area contributed by atoms with Crippen LogP contribution in [0, 0.1) is 6.92 Å². The lowest BCUT2D eigenvalue weighted by Gasteiger charge is -2.33. The summed E-state index contributed by atoms with van der Waals surface area (Å²) in [4.78, 5) is 6.76. The molecule has 3 rings (SSSR count). The fourth-order valence-electron chi connectivity index (χ4n) is 2.56. The molecule has 0 saturated carbocycles. The van der Waals surface area contributed by atoms with E-state index in [2.05, 4.69) is 15.3 Å². The van der Waals surface area contributed by atoms with Gasteiger partial charge >= 0.3 is 0 Å². The van der Waals surface area contributed by atoms with Gasteiger partial charge in [-0.05, 0) is 12.5 Å². The highest BCUT2D eigenvalue weighted by molar-refractivity contribution is 7.09. The molecule has 4 nitrogen and oxygen atoms in total. The lowest BCUT2D eigenvalue weighted by atomic mass is 10.1. The van der Waals surface area contributed by atoms with E-state index in [-0.39, 0.29) is 6.10 Å². The Balaban J connectivity index is 1.61. The maximum Gasteiger partial charge on any atom is 0.123 e. The quantitative estimate of drug-likeness (QED) is 0.943. The van der Waals surface area contributed by atoms with Crippen LogP contribution in [0.3, 0.4) is 0 Å². The van der Waals surface area contributed by atoms with Crippen molar-refractivity contribution in [1.82, 2.24) is 9.88 Å². The van der Waals surface area contributed by atoms with Crippen molar-refractivity contribution in [2.75, 3.05) is 26.2 Å². The average Bonchev–Trinajstić information content (AvgIpc) is 2.95. The third-order valence-corrected chi connectivity index (χ3v) is 4.73. The zero-order valence-electron chi connectivity index (χ0n) is 12.1. The largest absolute Gasteiger partial charge is 0.387 e. The molecule has 2 atom stereocenters. The van der Waals surface area contributed by atoms with Crippen LogP contribution in [-0.4, -0.2) is 41.2 Å². The van der Waals surface area contributed by atoms with Gasteiger partial charge in [0.1, 0.15) is 11.1 Å². The first-order chi connectivity index (χ1) is 10.2. The number of aromatic nitrogens is 1. The van der Waals surface area contributed by atoms with Crippen molar-refractivity contribution >= 4 is 11.3 Å². The molecule has 0 aliphatic carbocycles. The molecular weight excluding hydrogens is 284 g/mol. The van der Waals surface area contributed by atoms with Crippen LogP contribution >= 0.6 is 11.3 Å². The minimum absolute atomic E-state index is 0.0282. The summed E-state index contributed by atoms with van der Waals surface area (Å²) >= 11 is 1.65. The van der Waals surface area contributed by atoms with E-state index < -0.39 is 6.10 Å². The van der Waals surface area contributed by atoms with Gasteiger partial charge in [-0.25, -0.2) is 4.98 Å². The van der Waals surface area contributed by atoms with Gasteiger partial charge in [0.2, 0.25) is 0 Å². The molecule has 1 aliphatic heterocycles. The minimum atomic E-state index is -0.456. The highest BCUT2D eigenvalue weighted by atomic mass is 32.1. The van der Waals surface area contributed by atoms with E-state index in [1.807, 2.05) is 37.3 Å². The molecule has 0 spiro atoms. The molecule has 0 unspecified atom stereocenters. The smallest absolute Gasteiger partial charge is 0.123 e. The van der Waals surface area contributed by atoms with Gasteiger partial charge in [0.25, 0.3) is 0 Å². The van der Waals surface area contributed by atoms with Crippen LogP contribution in [-0.2, 0) is 4.74 Å². The standard InChI is InChI=1S/C16H20N2O2S/c1-12-11-21-16(17-12)15-10-18(7-8-20-15)9-14(19)13-5-3-2-4-6-13/h2-6,11,14-15,19H,7-10H2,1H3/t14-,15+/m0/s1. The molecule has 21 heavy (non-hydrogen) atoms. The van der Waals surface area contributed by atoms with E-state index in [1.54, 1.807) is 11.3 Å². The molecule has 1 aromatic carbocycles. The van der Waals surface area contributed by atoms with Crippen LogP contribution in [0.15, 0.2) is 35.7 Å². The van der Waals surface area contributed by atoms with Crippen molar-refractivity contribution in [3.63, 3.8) is 0 Å². The number of β-amino-alcohol motifs (C(OH)–C–C–N with tert-alkyl or cyclic N) is 1. The first-order valence-corrected chi connectivity index (χ1v) is 8.09. The number of nitrogens with zero attached hydrogens (tertiary/aromatic N) is 2. The summed E-state index contributed by atoms with van der Waals surface area (Å²) in [5, 5.41) is 13.4. The molecule has 0 radical (unpaired) electrons. The van der Waals surface area contributed by atoms with Crippen molar-refractivity contribution in [1.29, 1.82) is 0 Å². The second-order valence-electron chi connectivity index (χ2n) is 5.37. The van der Waals surface area contributed by atoms with Crippen LogP contribution in [0.25, 0.3) is 0 Å². The third-order valence-electron chi connectivity index (χ3n) is 3.68. The number of hydrogen-bond acceptors (Lipinski definition) is 5. The Kier molecular flexibility index (Phi) is 4.65. The number of aliphatic hydroxyl groups is 1. The molecular formula is C16H20N2O2S.